The van der Waals surface area contributed by atoms with E-state index in [1.807, 2.05) is 31.2 Å². The average Bonchev–Trinajstić information content (AvgIpc) is 3.63. The van der Waals surface area contributed by atoms with Gasteiger partial charge >= 0.3 is 0 Å². The van der Waals surface area contributed by atoms with Crippen LogP contribution in [0.15, 0.2) is 83.7 Å². The van der Waals surface area contributed by atoms with Crippen LogP contribution < -0.4 is 16.4 Å². The van der Waals surface area contributed by atoms with E-state index in [9.17, 15) is 18.8 Å². The quantitative estimate of drug-likeness (QED) is 0.184. The van der Waals surface area contributed by atoms with Crippen LogP contribution in [0, 0.1) is 12.7 Å². The molecule has 0 unspecified atom stereocenters. The molecular formula is C31H22FN5O3S. The number of primary amides is 1. The maximum atomic E-state index is 13.3. The monoisotopic (exact) mass is 563 g/mol. The highest BCUT2D eigenvalue weighted by atomic mass is 32.1. The van der Waals surface area contributed by atoms with Crippen LogP contribution in [0.5, 0.6) is 0 Å². The molecule has 3 amide bonds. The normalized spacial score (nSPS) is 11.1. The van der Waals surface area contributed by atoms with Gasteiger partial charge in [-0.25, -0.2) is 9.37 Å². The number of benzene rings is 4. The van der Waals surface area contributed by atoms with Gasteiger partial charge in [0.05, 0.1) is 16.6 Å². The Balaban J connectivity index is 1.44. The van der Waals surface area contributed by atoms with E-state index >= 15 is 0 Å². The largest absolute Gasteiger partial charge is 0.366 e. The predicted molar refractivity (Wildman–Crippen MR) is 159 cm³/mol. The third-order valence-electron chi connectivity index (χ3n) is 6.92. The Bertz CT molecular complexity index is 1980. The van der Waals surface area contributed by atoms with E-state index in [2.05, 4.69) is 20.6 Å². The second-order valence-corrected chi connectivity index (χ2v) is 10.1. The molecule has 5 N–H and O–H groups in total. The molecule has 2 heterocycles. The number of nitrogens with one attached hydrogen (secondary N) is 3. The van der Waals surface area contributed by atoms with Crippen LogP contribution in [-0.4, -0.2) is 27.7 Å². The van der Waals surface area contributed by atoms with Gasteiger partial charge in [-0.1, -0.05) is 24.3 Å². The number of hydrogen-bond donors (Lipinski definition) is 4. The van der Waals surface area contributed by atoms with Crippen LogP contribution >= 0.6 is 11.3 Å². The molecule has 0 aliphatic heterocycles. The first kappa shape index (κ1) is 25.9. The zero-order valence-electron chi connectivity index (χ0n) is 21.6. The van der Waals surface area contributed by atoms with E-state index in [0.717, 1.165) is 27.5 Å². The van der Waals surface area contributed by atoms with Crippen molar-refractivity contribution in [1.82, 2.24) is 9.97 Å². The number of aromatic nitrogens is 2. The lowest BCUT2D eigenvalue weighted by Crippen LogP contribution is -2.13. The molecule has 0 saturated heterocycles. The van der Waals surface area contributed by atoms with Gasteiger partial charge in [0, 0.05) is 38.6 Å². The summed E-state index contributed by atoms with van der Waals surface area (Å²) in [4.78, 5) is 45.1. The Labute approximate surface area is 237 Å². The van der Waals surface area contributed by atoms with Gasteiger partial charge in [-0.2, -0.15) is 0 Å². The standard InChI is InChI=1S/C31H22FN5O3S/c1-16-20(3-2-4-24(16)37-30(39)17-5-7-18(32)8-6-17)21-11-12-23(29(33)38)28-27(21)22-10-9-19(13-25(22)36-28)35-31(40)26-14-41-15-34-26/h2-15,36H,1H3,(H2,33,38)(H,35,40)(H,37,39). The molecule has 0 spiro atoms. The van der Waals surface area contributed by atoms with E-state index in [-0.39, 0.29) is 11.8 Å². The highest BCUT2D eigenvalue weighted by Gasteiger charge is 2.19. The second-order valence-electron chi connectivity index (χ2n) is 9.43. The number of nitrogens with two attached hydrogens (primary N) is 1. The minimum atomic E-state index is -0.581. The van der Waals surface area contributed by atoms with E-state index < -0.39 is 11.7 Å². The van der Waals surface area contributed by atoms with Crippen LogP contribution in [0.25, 0.3) is 32.9 Å². The number of amides is 3. The number of carbonyl (C=O) groups excluding carboxylic acids is 3. The van der Waals surface area contributed by atoms with Crippen LogP contribution in [0.2, 0.25) is 0 Å². The third kappa shape index (κ3) is 4.81. The molecular weight excluding hydrogens is 541 g/mol. The number of rotatable bonds is 6. The maximum Gasteiger partial charge on any atom is 0.275 e. The van der Waals surface area contributed by atoms with Gasteiger partial charge in [0.15, 0.2) is 0 Å². The van der Waals surface area contributed by atoms with Crippen molar-refractivity contribution in [2.75, 3.05) is 10.6 Å². The summed E-state index contributed by atoms with van der Waals surface area (Å²) < 4.78 is 13.3. The number of H-pyrrole nitrogens is 1. The van der Waals surface area contributed by atoms with Gasteiger partial charge in [0.25, 0.3) is 17.7 Å². The molecule has 202 valence electrons. The van der Waals surface area contributed by atoms with Gasteiger partial charge in [-0.15, -0.1) is 11.3 Å². The van der Waals surface area contributed by atoms with Crippen molar-refractivity contribution in [2.24, 2.45) is 5.73 Å². The molecule has 10 heteroatoms. The first-order chi connectivity index (χ1) is 19.8. The van der Waals surface area contributed by atoms with Crippen molar-refractivity contribution in [3.05, 3.63) is 112 Å². The molecule has 0 radical (unpaired) electrons. The van der Waals surface area contributed by atoms with Crippen LogP contribution in [0.3, 0.4) is 0 Å². The Morgan fingerprint density at radius 2 is 1.73 bits per heavy atom. The van der Waals surface area contributed by atoms with Crippen LogP contribution in [0.1, 0.15) is 36.8 Å². The lowest BCUT2D eigenvalue weighted by molar-refractivity contribution is 0.0997. The fourth-order valence-corrected chi connectivity index (χ4v) is 5.43. The number of aromatic amines is 1. The molecule has 0 bridgehead atoms. The third-order valence-corrected chi connectivity index (χ3v) is 7.51. The molecule has 0 saturated carbocycles. The van der Waals surface area contributed by atoms with E-state index in [0.29, 0.717) is 39.2 Å². The summed E-state index contributed by atoms with van der Waals surface area (Å²) in [6.07, 6.45) is 0. The zero-order chi connectivity index (χ0) is 28.7. The molecule has 0 atom stereocenters. The van der Waals surface area contributed by atoms with Crippen molar-refractivity contribution >= 4 is 62.2 Å². The van der Waals surface area contributed by atoms with Crippen molar-refractivity contribution < 1.29 is 18.8 Å². The Hall–Kier alpha value is -5.35. The molecule has 41 heavy (non-hydrogen) atoms. The Morgan fingerprint density at radius 1 is 0.927 bits per heavy atom. The number of anilines is 2. The summed E-state index contributed by atoms with van der Waals surface area (Å²) in [6.45, 7) is 1.89. The number of carbonyl (C=O) groups is 3. The number of nitrogens with zero attached hydrogens (tertiary/aromatic N) is 1. The van der Waals surface area contributed by atoms with Gasteiger partial charge in [0.2, 0.25) is 0 Å². The smallest absolute Gasteiger partial charge is 0.275 e. The Kier molecular flexibility index (Phi) is 6.52. The van der Waals surface area contributed by atoms with Crippen LogP contribution in [-0.2, 0) is 0 Å². The minimum Gasteiger partial charge on any atom is -0.366 e. The second kappa shape index (κ2) is 10.3. The summed E-state index contributed by atoms with van der Waals surface area (Å²) in [7, 11) is 0. The number of hydrogen-bond acceptors (Lipinski definition) is 5. The van der Waals surface area contributed by atoms with Crippen molar-refractivity contribution in [1.29, 1.82) is 0 Å². The Morgan fingerprint density at radius 3 is 2.46 bits per heavy atom. The molecule has 2 aromatic heterocycles. The van der Waals surface area contributed by atoms with Crippen LogP contribution in [0.4, 0.5) is 15.8 Å². The lowest BCUT2D eigenvalue weighted by Gasteiger charge is -2.15. The molecule has 0 aliphatic carbocycles. The predicted octanol–water partition coefficient (Wildman–Crippen LogP) is 6.50. The van der Waals surface area contributed by atoms with E-state index in [1.54, 1.807) is 35.2 Å². The number of thiazole rings is 1. The molecule has 6 rings (SSSR count). The summed E-state index contributed by atoms with van der Waals surface area (Å²) in [5, 5.41) is 9.03. The summed E-state index contributed by atoms with van der Waals surface area (Å²) in [6, 6.07) is 19.8. The van der Waals surface area contributed by atoms with Gasteiger partial charge in [0.1, 0.15) is 11.5 Å². The number of fused-ring (bicyclic) bond motifs is 3. The van der Waals surface area contributed by atoms with Gasteiger partial charge in [-0.05, 0) is 72.1 Å². The van der Waals surface area contributed by atoms with E-state index in [4.69, 9.17) is 5.73 Å². The molecule has 6 aromatic rings. The lowest BCUT2D eigenvalue weighted by atomic mass is 9.93. The molecule has 0 fully saturated rings. The van der Waals surface area contributed by atoms with Gasteiger partial charge < -0.3 is 21.4 Å². The van der Waals surface area contributed by atoms with Crippen molar-refractivity contribution in [3.8, 4) is 11.1 Å². The summed E-state index contributed by atoms with van der Waals surface area (Å²) in [5.74, 6) is -1.69. The number of halogens is 1. The first-order valence-corrected chi connectivity index (χ1v) is 13.5. The SMILES string of the molecule is Cc1c(NC(=O)c2ccc(F)cc2)cccc1-c1ccc(C(N)=O)c2[nH]c3cc(NC(=O)c4cscn4)ccc3c12. The first-order valence-electron chi connectivity index (χ1n) is 12.5. The molecule has 8 nitrogen and oxygen atoms in total. The fourth-order valence-electron chi connectivity index (χ4n) is 4.90. The van der Waals surface area contributed by atoms with Crippen molar-refractivity contribution in [2.45, 2.75) is 6.92 Å². The highest BCUT2D eigenvalue weighted by Crippen LogP contribution is 2.39. The zero-order valence-corrected chi connectivity index (χ0v) is 22.4. The summed E-state index contributed by atoms with van der Waals surface area (Å²) in [5.41, 5.74) is 13.2. The summed E-state index contributed by atoms with van der Waals surface area (Å²) >= 11 is 1.33. The topological polar surface area (TPSA) is 130 Å². The van der Waals surface area contributed by atoms with Gasteiger partial charge in [-0.3, -0.25) is 14.4 Å². The minimum absolute atomic E-state index is 0.324. The highest BCUT2D eigenvalue weighted by molar-refractivity contribution is 7.07. The fraction of sp³-hybridized carbons (Fsp3) is 0.0323. The maximum absolute atomic E-state index is 13.3. The van der Waals surface area contributed by atoms with E-state index in [1.165, 1.54) is 35.6 Å². The molecule has 0 aliphatic rings. The average molecular weight is 564 g/mol. The molecule has 4 aromatic carbocycles. The van der Waals surface area contributed by atoms with Crippen molar-refractivity contribution in [3.63, 3.8) is 0 Å².